The number of H-pyrrole nitrogens is 1. The second kappa shape index (κ2) is 11.1. The highest BCUT2D eigenvalue weighted by Gasteiger charge is 2.32. The number of methoxy groups -OCH3 is 1. The van der Waals surface area contributed by atoms with Crippen LogP contribution >= 0.6 is 0 Å². The molecule has 0 aliphatic carbocycles. The van der Waals surface area contributed by atoms with Crippen molar-refractivity contribution in [2.24, 2.45) is 11.7 Å². The second-order valence-electron chi connectivity index (χ2n) is 8.94. The molecule has 37 heavy (non-hydrogen) atoms. The van der Waals surface area contributed by atoms with Gasteiger partial charge in [-0.2, -0.15) is 0 Å². The molecule has 1 fully saturated rings. The molecule has 1 saturated heterocycles. The third kappa shape index (κ3) is 6.05. The molecule has 0 spiro atoms. The summed E-state index contributed by atoms with van der Waals surface area (Å²) in [4.78, 5) is 53.5. The topological polar surface area (TPSA) is 155 Å². The Balaban J connectivity index is 1.56. The maximum Gasteiger partial charge on any atom is 0.268 e. The van der Waals surface area contributed by atoms with Crippen LogP contribution in [0.1, 0.15) is 28.9 Å². The average Bonchev–Trinajstić information content (AvgIpc) is 3.49. The average molecular weight is 510 g/mol. The molecule has 2 aromatic carbocycles. The first-order chi connectivity index (χ1) is 17.7. The van der Waals surface area contributed by atoms with Gasteiger partial charge >= 0.3 is 0 Å². The Morgan fingerprint density at radius 1 is 1.14 bits per heavy atom. The molecule has 6 N–H and O–H groups in total. The zero-order valence-electron chi connectivity index (χ0n) is 20.2. The number of halogens is 1. The van der Waals surface area contributed by atoms with Gasteiger partial charge < -0.3 is 31.4 Å². The van der Waals surface area contributed by atoms with Crippen molar-refractivity contribution in [3.8, 4) is 5.75 Å². The minimum Gasteiger partial charge on any atom is -0.496 e. The molecule has 11 heteroatoms. The molecule has 1 aliphatic heterocycles. The summed E-state index contributed by atoms with van der Waals surface area (Å²) in [6, 6.07) is 10.3. The Morgan fingerprint density at radius 3 is 2.59 bits per heavy atom. The largest absolute Gasteiger partial charge is 0.496 e. The van der Waals surface area contributed by atoms with Gasteiger partial charge in [-0.3, -0.25) is 19.2 Å². The summed E-state index contributed by atoms with van der Waals surface area (Å²) >= 11 is 0. The SMILES string of the molecule is COc1cccc2[nH]c(C(=O)N[C@@H](Cc3cccc(F)c3)C(=O)N[C@@H](C[C@@H]3CCNC3=O)C(N)=O)cc12. The van der Waals surface area contributed by atoms with Crippen molar-refractivity contribution in [1.29, 1.82) is 0 Å². The maximum absolute atomic E-state index is 13.8. The highest BCUT2D eigenvalue weighted by atomic mass is 19.1. The Morgan fingerprint density at radius 2 is 1.92 bits per heavy atom. The highest BCUT2D eigenvalue weighted by molar-refractivity contribution is 6.02. The van der Waals surface area contributed by atoms with Crippen LogP contribution in [0.15, 0.2) is 48.5 Å². The highest BCUT2D eigenvalue weighted by Crippen LogP contribution is 2.26. The van der Waals surface area contributed by atoms with Gasteiger partial charge in [0.25, 0.3) is 5.91 Å². The summed E-state index contributed by atoms with van der Waals surface area (Å²) in [7, 11) is 1.52. The Kier molecular flexibility index (Phi) is 7.71. The number of carbonyl (C=O) groups is 4. The number of rotatable bonds is 10. The van der Waals surface area contributed by atoms with Gasteiger partial charge in [0.15, 0.2) is 0 Å². The van der Waals surface area contributed by atoms with Crippen LogP contribution in [-0.2, 0) is 20.8 Å². The summed E-state index contributed by atoms with van der Waals surface area (Å²) < 4.78 is 19.1. The number of ether oxygens (including phenoxy) is 1. The fraction of sp³-hybridized carbons (Fsp3) is 0.308. The molecule has 4 rings (SSSR count). The lowest BCUT2D eigenvalue weighted by Crippen LogP contribution is -2.54. The first-order valence-corrected chi connectivity index (χ1v) is 11.8. The maximum atomic E-state index is 13.8. The van der Waals surface area contributed by atoms with Crippen molar-refractivity contribution < 1.29 is 28.3 Å². The lowest BCUT2D eigenvalue weighted by atomic mass is 9.97. The zero-order chi connectivity index (χ0) is 26.5. The molecular weight excluding hydrogens is 481 g/mol. The van der Waals surface area contributed by atoms with Crippen LogP contribution in [-0.4, -0.2) is 54.4 Å². The number of hydrogen-bond donors (Lipinski definition) is 5. The van der Waals surface area contributed by atoms with E-state index in [-0.39, 0.29) is 24.4 Å². The van der Waals surface area contributed by atoms with Crippen molar-refractivity contribution in [3.63, 3.8) is 0 Å². The standard InChI is InChI=1S/C26H28FN5O5/c1-37-22-7-3-6-18-17(22)13-21(30-18)26(36)32-20(11-14-4-2-5-16(27)10-14)25(35)31-19(23(28)33)12-15-8-9-29-24(15)34/h2-7,10,13,15,19-20,30H,8-9,11-12H2,1H3,(H2,28,33)(H,29,34)(H,31,35)(H,32,36)/t15-,19-,20-/m0/s1. The summed E-state index contributed by atoms with van der Waals surface area (Å²) in [5.41, 5.74) is 6.82. The number of primary amides is 1. The van der Waals surface area contributed by atoms with Gasteiger partial charge in [0, 0.05) is 29.8 Å². The summed E-state index contributed by atoms with van der Waals surface area (Å²) in [6.45, 7) is 0.483. The van der Waals surface area contributed by atoms with Crippen molar-refractivity contribution in [2.45, 2.75) is 31.3 Å². The van der Waals surface area contributed by atoms with Crippen LogP contribution in [0.2, 0.25) is 0 Å². The lowest BCUT2D eigenvalue weighted by molar-refractivity contribution is -0.130. The number of fused-ring (bicyclic) bond motifs is 1. The van der Waals surface area contributed by atoms with Gasteiger partial charge in [0.05, 0.1) is 7.11 Å². The predicted molar refractivity (Wildman–Crippen MR) is 133 cm³/mol. The molecule has 194 valence electrons. The number of nitrogens with one attached hydrogen (secondary N) is 4. The molecule has 0 unspecified atom stereocenters. The summed E-state index contributed by atoms with van der Waals surface area (Å²) in [5, 5.41) is 8.61. The third-order valence-electron chi connectivity index (χ3n) is 6.38. The van der Waals surface area contributed by atoms with E-state index in [0.717, 1.165) is 0 Å². The minimum atomic E-state index is -1.16. The van der Waals surface area contributed by atoms with Crippen LogP contribution in [0.4, 0.5) is 4.39 Å². The predicted octanol–water partition coefficient (Wildman–Crippen LogP) is 1.15. The molecule has 3 atom stereocenters. The second-order valence-corrected chi connectivity index (χ2v) is 8.94. The van der Waals surface area contributed by atoms with Crippen LogP contribution in [0.3, 0.4) is 0 Å². The number of aromatic nitrogens is 1. The fourth-order valence-electron chi connectivity index (χ4n) is 4.45. The van der Waals surface area contributed by atoms with Gasteiger partial charge in [0.2, 0.25) is 17.7 Å². The van der Waals surface area contributed by atoms with E-state index in [2.05, 4.69) is 20.9 Å². The van der Waals surface area contributed by atoms with E-state index < -0.39 is 41.5 Å². The molecule has 2 heterocycles. The van der Waals surface area contributed by atoms with Gasteiger partial charge in [0.1, 0.15) is 29.3 Å². The monoisotopic (exact) mass is 509 g/mol. The molecule has 0 saturated carbocycles. The number of aromatic amines is 1. The Bertz CT molecular complexity index is 1340. The van der Waals surface area contributed by atoms with Gasteiger partial charge in [-0.1, -0.05) is 18.2 Å². The van der Waals surface area contributed by atoms with Crippen molar-refractivity contribution in [3.05, 3.63) is 65.6 Å². The van der Waals surface area contributed by atoms with Crippen LogP contribution in [0.5, 0.6) is 5.75 Å². The van der Waals surface area contributed by atoms with E-state index in [0.29, 0.717) is 35.2 Å². The Hall–Kier alpha value is -4.41. The smallest absolute Gasteiger partial charge is 0.268 e. The van der Waals surface area contributed by atoms with E-state index in [9.17, 15) is 23.6 Å². The van der Waals surface area contributed by atoms with E-state index in [1.54, 1.807) is 30.3 Å². The van der Waals surface area contributed by atoms with E-state index in [4.69, 9.17) is 10.5 Å². The van der Waals surface area contributed by atoms with Crippen molar-refractivity contribution in [1.82, 2.24) is 20.9 Å². The van der Waals surface area contributed by atoms with Crippen LogP contribution < -0.4 is 26.4 Å². The molecule has 10 nitrogen and oxygen atoms in total. The molecule has 3 aromatic rings. The molecular formula is C26H28FN5O5. The number of benzene rings is 2. The quantitative estimate of drug-likeness (QED) is 0.277. The van der Waals surface area contributed by atoms with Gasteiger partial charge in [-0.25, -0.2) is 4.39 Å². The van der Waals surface area contributed by atoms with Crippen molar-refractivity contribution in [2.75, 3.05) is 13.7 Å². The summed E-state index contributed by atoms with van der Waals surface area (Å²) in [6.07, 6.45) is 0.509. The number of hydrogen-bond acceptors (Lipinski definition) is 5. The minimum absolute atomic E-state index is 0.0371. The first kappa shape index (κ1) is 25.7. The summed E-state index contributed by atoms with van der Waals surface area (Å²) in [5.74, 6) is -2.66. The fourth-order valence-corrected chi connectivity index (χ4v) is 4.45. The number of nitrogens with two attached hydrogens (primary N) is 1. The molecule has 1 aliphatic rings. The third-order valence-corrected chi connectivity index (χ3v) is 6.38. The lowest BCUT2D eigenvalue weighted by Gasteiger charge is -2.23. The molecule has 4 amide bonds. The molecule has 0 bridgehead atoms. The van der Waals surface area contributed by atoms with E-state index in [1.165, 1.54) is 25.3 Å². The number of amides is 4. The zero-order valence-corrected chi connectivity index (χ0v) is 20.2. The van der Waals surface area contributed by atoms with E-state index in [1.807, 2.05) is 0 Å². The number of carbonyl (C=O) groups excluding carboxylic acids is 4. The van der Waals surface area contributed by atoms with Crippen molar-refractivity contribution >= 4 is 34.5 Å². The molecule has 1 aromatic heterocycles. The van der Waals surface area contributed by atoms with Crippen LogP contribution in [0.25, 0.3) is 10.9 Å². The molecule has 0 radical (unpaired) electrons. The van der Waals surface area contributed by atoms with Gasteiger partial charge in [-0.05, 0) is 48.7 Å². The van der Waals surface area contributed by atoms with E-state index >= 15 is 0 Å². The van der Waals surface area contributed by atoms with Gasteiger partial charge in [-0.15, -0.1) is 0 Å². The Labute approximate surface area is 212 Å². The first-order valence-electron chi connectivity index (χ1n) is 11.8. The van der Waals surface area contributed by atoms with Crippen LogP contribution in [0, 0.1) is 11.7 Å². The normalized spacial score (nSPS) is 16.6.